The van der Waals surface area contributed by atoms with Gasteiger partial charge in [0.1, 0.15) is 0 Å². The molecular weight excluding hydrogens is 296 g/mol. The van der Waals surface area contributed by atoms with Gasteiger partial charge in [0.2, 0.25) is 0 Å². The van der Waals surface area contributed by atoms with E-state index in [4.69, 9.17) is 9.47 Å². The fraction of sp³-hybridized carbons (Fsp3) is 0.636. The van der Waals surface area contributed by atoms with E-state index >= 15 is 0 Å². The van der Waals surface area contributed by atoms with E-state index in [0.29, 0.717) is 0 Å². The molecule has 1 heterocycles. The van der Waals surface area contributed by atoms with Crippen molar-refractivity contribution in [2.75, 3.05) is 13.2 Å². The lowest BCUT2D eigenvalue weighted by Crippen LogP contribution is -2.51. The van der Waals surface area contributed by atoms with Crippen LogP contribution in [0.5, 0.6) is 0 Å². The minimum Gasteiger partial charge on any atom is -0.347 e. The van der Waals surface area contributed by atoms with E-state index in [2.05, 4.69) is 31.7 Å². The van der Waals surface area contributed by atoms with E-state index in [1.165, 1.54) is 37.7 Å². The highest BCUT2D eigenvalue weighted by Crippen LogP contribution is 2.66. The molecule has 1 aromatic carbocycles. The highest BCUT2D eigenvalue weighted by Gasteiger charge is 2.64. The second-order valence-corrected chi connectivity index (χ2v) is 8.52. The summed E-state index contributed by atoms with van der Waals surface area (Å²) >= 11 is 0. The molecule has 24 heavy (non-hydrogen) atoms. The molecular formula is C22H28O2. The van der Waals surface area contributed by atoms with Gasteiger partial charge in [-0.15, -0.1) is 0 Å². The highest BCUT2D eigenvalue weighted by molar-refractivity contribution is 5.51. The number of benzene rings is 1. The number of ether oxygens (including phenoxy) is 2. The SMILES string of the molecule is C=Cc1ccc2c(c1)CCC1C2CCC2(C)C1CCC21OCCO1. The smallest absolute Gasteiger partial charge is 0.174 e. The molecule has 0 aromatic heterocycles. The first-order valence-corrected chi connectivity index (χ1v) is 9.70. The van der Waals surface area contributed by atoms with Crippen molar-refractivity contribution in [3.8, 4) is 0 Å². The molecule has 0 N–H and O–H groups in total. The molecule has 1 aromatic rings. The van der Waals surface area contributed by atoms with Crippen LogP contribution in [0.4, 0.5) is 0 Å². The normalized spacial score (nSPS) is 39.3. The van der Waals surface area contributed by atoms with Crippen LogP contribution in [0.1, 0.15) is 61.6 Å². The van der Waals surface area contributed by atoms with Crippen LogP contribution in [0.25, 0.3) is 6.08 Å². The number of hydrogen-bond acceptors (Lipinski definition) is 2. The molecule has 128 valence electrons. The monoisotopic (exact) mass is 324 g/mol. The van der Waals surface area contributed by atoms with Crippen molar-refractivity contribution in [2.45, 2.75) is 57.2 Å². The summed E-state index contributed by atoms with van der Waals surface area (Å²) < 4.78 is 12.4. The number of hydrogen-bond donors (Lipinski definition) is 0. The molecule has 1 aliphatic heterocycles. The Hall–Kier alpha value is -1.12. The van der Waals surface area contributed by atoms with E-state index in [1.54, 1.807) is 11.1 Å². The summed E-state index contributed by atoms with van der Waals surface area (Å²) in [6.07, 6.45) is 9.42. The van der Waals surface area contributed by atoms with Gasteiger partial charge in [-0.2, -0.15) is 0 Å². The van der Waals surface area contributed by atoms with Crippen molar-refractivity contribution >= 4 is 6.08 Å². The molecule has 5 rings (SSSR count). The lowest BCUT2D eigenvalue weighted by Gasteiger charge is -2.52. The van der Waals surface area contributed by atoms with Crippen LogP contribution in [-0.2, 0) is 15.9 Å². The Morgan fingerprint density at radius 2 is 1.96 bits per heavy atom. The maximum Gasteiger partial charge on any atom is 0.174 e. The largest absolute Gasteiger partial charge is 0.347 e. The zero-order chi connectivity index (χ0) is 16.4. The van der Waals surface area contributed by atoms with Gasteiger partial charge in [-0.3, -0.25) is 0 Å². The Morgan fingerprint density at radius 1 is 1.12 bits per heavy atom. The molecule has 2 saturated carbocycles. The van der Waals surface area contributed by atoms with Gasteiger partial charge < -0.3 is 9.47 Å². The molecule has 0 radical (unpaired) electrons. The third-order valence-electron chi connectivity index (χ3n) is 7.78. The maximum atomic E-state index is 6.22. The molecule has 2 nitrogen and oxygen atoms in total. The average molecular weight is 324 g/mol. The van der Waals surface area contributed by atoms with Gasteiger partial charge in [-0.05, 0) is 66.5 Å². The standard InChI is InChI=1S/C22H28O2/c1-3-15-4-6-17-16(14-15)5-7-19-18(17)8-10-21(2)20(19)9-11-22(21)23-12-13-24-22/h3-4,6,14,18-20H,1,5,7-13H2,2H3. The Morgan fingerprint density at radius 3 is 2.75 bits per heavy atom. The maximum absolute atomic E-state index is 6.22. The Bertz CT molecular complexity index is 673. The zero-order valence-electron chi connectivity index (χ0n) is 14.7. The van der Waals surface area contributed by atoms with Gasteiger partial charge in [0.05, 0.1) is 13.2 Å². The lowest BCUT2D eigenvalue weighted by atomic mass is 9.55. The number of aryl methyl sites for hydroxylation is 1. The van der Waals surface area contributed by atoms with Crippen molar-refractivity contribution in [3.63, 3.8) is 0 Å². The Kier molecular flexibility index (Phi) is 3.28. The van der Waals surface area contributed by atoms with E-state index in [0.717, 1.165) is 37.4 Å². The van der Waals surface area contributed by atoms with Crippen LogP contribution in [0, 0.1) is 17.3 Å². The van der Waals surface area contributed by atoms with Crippen LogP contribution >= 0.6 is 0 Å². The topological polar surface area (TPSA) is 18.5 Å². The molecule has 2 heteroatoms. The fourth-order valence-electron chi connectivity index (χ4n) is 6.61. The van der Waals surface area contributed by atoms with Gasteiger partial charge in [0.25, 0.3) is 0 Å². The van der Waals surface area contributed by atoms with Crippen molar-refractivity contribution in [3.05, 3.63) is 41.5 Å². The average Bonchev–Trinajstić information content (AvgIpc) is 3.21. The third kappa shape index (κ3) is 1.84. The number of rotatable bonds is 1. The third-order valence-corrected chi connectivity index (χ3v) is 7.78. The van der Waals surface area contributed by atoms with Crippen LogP contribution < -0.4 is 0 Å². The van der Waals surface area contributed by atoms with Gasteiger partial charge >= 0.3 is 0 Å². The summed E-state index contributed by atoms with van der Waals surface area (Å²) in [7, 11) is 0. The second kappa shape index (κ2) is 5.19. The molecule has 1 saturated heterocycles. The van der Waals surface area contributed by atoms with Crippen LogP contribution in [0.3, 0.4) is 0 Å². The molecule has 4 atom stereocenters. The molecule has 4 unspecified atom stereocenters. The van der Waals surface area contributed by atoms with Crippen LogP contribution in [0.15, 0.2) is 24.8 Å². The van der Waals surface area contributed by atoms with Crippen molar-refractivity contribution in [1.29, 1.82) is 0 Å². The lowest BCUT2D eigenvalue weighted by molar-refractivity contribution is -0.237. The highest BCUT2D eigenvalue weighted by atomic mass is 16.7. The van der Waals surface area contributed by atoms with Gasteiger partial charge in [-0.1, -0.05) is 37.8 Å². The number of fused-ring (bicyclic) bond motifs is 6. The molecule has 3 aliphatic carbocycles. The van der Waals surface area contributed by atoms with Gasteiger partial charge in [0, 0.05) is 11.8 Å². The first-order valence-electron chi connectivity index (χ1n) is 9.70. The second-order valence-electron chi connectivity index (χ2n) is 8.52. The molecule has 1 spiro atoms. The van der Waals surface area contributed by atoms with E-state index < -0.39 is 0 Å². The van der Waals surface area contributed by atoms with Crippen molar-refractivity contribution in [2.24, 2.45) is 17.3 Å². The summed E-state index contributed by atoms with van der Waals surface area (Å²) in [5.41, 5.74) is 4.66. The summed E-state index contributed by atoms with van der Waals surface area (Å²) in [5.74, 6) is 2.03. The van der Waals surface area contributed by atoms with E-state index in [9.17, 15) is 0 Å². The predicted molar refractivity (Wildman–Crippen MR) is 95.8 cm³/mol. The Labute approximate surface area is 145 Å². The summed E-state index contributed by atoms with van der Waals surface area (Å²) in [6, 6.07) is 7.01. The van der Waals surface area contributed by atoms with Gasteiger partial charge in [-0.25, -0.2) is 0 Å². The van der Waals surface area contributed by atoms with Crippen LogP contribution in [-0.4, -0.2) is 19.0 Å². The molecule has 0 amide bonds. The van der Waals surface area contributed by atoms with E-state index in [-0.39, 0.29) is 11.2 Å². The first-order chi connectivity index (χ1) is 11.7. The molecule has 0 bridgehead atoms. The quantitative estimate of drug-likeness (QED) is 0.729. The summed E-state index contributed by atoms with van der Waals surface area (Å²) in [4.78, 5) is 0. The van der Waals surface area contributed by atoms with Crippen molar-refractivity contribution < 1.29 is 9.47 Å². The fourth-order valence-corrected chi connectivity index (χ4v) is 6.61. The Balaban J connectivity index is 1.50. The van der Waals surface area contributed by atoms with Crippen molar-refractivity contribution in [1.82, 2.24) is 0 Å². The summed E-state index contributed by atoms with van der Waals surface area (Å²) in [5, 5.41) is 0. The van der Waals surface area contributed by atoms with E-state index in [1.807, 2.05) is 6.08 Å². The zero-order valence-corrected chi connectivity index (χ0v) is 14.7. The predicted octanol–water partition coefficient (Wildman–Crippen LogP) is 4.93. The summed E-state index contributed by atoms with van der Waals surface area (Å²) in [6.45, 7) is 7.95. The molecule has 3 fully saturated rings. The molecule has 4 aliphatic rings. The minimum atomic E-state index is -0.268. The van der Waals surface area contributed by atoms with Crippen LogP contribution in [0.2, 0.25) is 0 Å². The first kappa shape index (κ1) is 15.2. The minimum absolute atomic E-state index is 0.212. The van der Waals surface area contributed by atoms with Gasteiger partial charge in [0.15, 0.2) is 5.79 Å².